The third kappa shape index (κ3) is 2.94. The van der Waals surface area contributed by atoms with Crippen LogP contribution in [0.3, 0.4) is 0 Å². The second kappa shape index (κ2) is 6.67. The van der Waals surface area contributed by atoms with E-state index in [4.69, 9.17) is 0 Å². The second-order valence-electron chi connectivity index (χ2n) is 5.79. The summed E-state index contributed by atoms with van der Waals surface area (Å²) in [5.74, 6) is 0.520. The Bertz CT molecular complexity index is 254. The Hall–Kier alpha value is -0.410. The molecule has 0 aromatic heterocycles. The Balaban J connectivity index is 1.97. The molecule has 2 rings (SSSR count). The topological polar surface area (TPSA) is 23.6 Å². The Labute approximate surface area is 112 Å². The molecule has 0 bridgehead atoms. The van der Waals surface area contributed by atoms with Gasteiger partial charge in [-0.1, -0.05) is 13.8 Å². The molecule has 3 heteroatoms. The van der Waals surface area contributed by atoms with E-state index in [0.29, 0.717) is 5.78 Å². The Morgan fingerprint density at radius 2 is 1.39 bits per heavy atom. The monoisotopic (exact) mass is 252 g/mol. The van der Waals surface area contributed by atoms with Gasteiger partial charge in [-0.05, 0) is 64.7 Å². The van der Waals surface area contributed by atoms with Crippen molar-refractivity contribution in [3.63, 3.8) is 0 Å². The molecule has 0 aliphatic carbocycles. The predicted molar refractivity (Wildman–Crippen MR) is 74.8 cm³/mol. The Kier molecular flexibility index (Phi) is 5.19. The quantitative estimate of drug-likeness (QED) is 0.725. The lowest BCUT2D eigenvalue weighted by molar-refractivity contribution is -0.127. The molecular weight excluding hydrogens is 224 g/mol. The van der Waals surface area contributed by atoms with E-state index in [9.17, 15) is 4.79 Å². The van der Waals surface area contributed by atoms with Gasteiger partial charge in [-0.25, -0.2) is 0 Å². The zero-order chi connectivity index (χ0) is 13.0. The Morgan fingerprint density at radius 3 is 1.78 bits per heavy atom. The van der Waals surface area contributed by atoms with Crippen molar-refractivity contribution in [3.8, 4) is 0 Å². The second-order valence-corrected chi connectivity index (χ2v) is 5.79. The number of Topliss-reactive ketones (excluding diaryl/α,β-unsaturated/α-hetero) is 1. The fourth-order valence-electron chi connectivity index (χ4n) is 3.63. The van der Waals surface area contributed by atoms with Crippen molar-refractivity contribution in [1.29, 1.82) is 0 Å². The van der Waals surface area contributed by atoms with E-state index in [1.54, 1.807) is 0 Å². The lowest BCUT2D eigenvalue weighted by Crippen LogP contribution is -2.47. The van der Waals surface area contributed by atoms with Gasteiger partial charge in [0.25, 0.3) is 0 Å². The van der Waals surface area contributed by atoms with Gasteiger partial charge in [0.15, 0.2) is 5.78 Å². The molecule has 2 aliphatic rings. The number of ketones is 1. The van der Waals surface area contributed by atoms with Crippen LogP contribution >= 0.6 is 0 Å². The minimum Gasteiger partial charge on any atom is -0.296 e. The molecule has 0 N–H and O–H groups in total. The van der Waals surface area contributed by atoms with E-state index < -0.39 is 0 Å². The van der Waals surface area contributed by atoms with Crippen LogP contribution in [0.1, 0.15) is 52.4 Å². The average molecular weight is 252 g/mol. The highest BCUT2D eigenvalue weighted by molar-refractivity contribution is 5.89. The zero-order valence-electron chi connectivity index (χ0n) is 12.0. The highest BCUT2D eigenvalue weighted by Crippen LogP contribution is 2.25. The van der Waals surface area contributed by atoms with Gasteiger partial charge in [-0.3, -0.25) is 14.6 Å². The molecule has 3 nitrogen and oxygen atoms in total. The molecule has 0 radical (unpaired) electrons. The highest BCUT2D eigenvalue weighted by atomic mass is 16.1. The van der Waals surface area contributed by atoms with Crippen LogP contribution in [0.4, 0.5) is 0 Å². The number of nitrogens with zero attached hydrogens (tertiary/aromatic N) is 2. The van der Waals surface area contributed by atoms with Gasteiger partial charge < -0.3 is 0 Å². The van der Waals surface area contributed by atoms with Gasteiger partial charge in [0.2, 0.25) is 0 Å². The molecule has 0 aromatic carbocycles. The van der Waals surface area contributed by atoms with Crippen molar-refractivity contribution in [2.75, 3.05) is 26.2 Å². The molecule has 104 valence electrons. The van der Waals surface area contributed by atoms with Gasteiger partial charge in [0.1, 0.15) is 0 Å². The van der Waals surface area contributed by atoms with Crippen molar-refractivity contribution >= 4 is 5.78 Å². The smallest absolute Gasteiger partial charge is 0.166 e. The van der Waals surface area contributed by atoms with E-state index in [0.717, 1.165) is 51.9 Å². The van der Waals surface area contributed by atoms with E-state index >= 15 is 0 Å². The summed E-state index contributed by atoms with van der Waals surface area (Å²) in [6.07, 6.45) is 6.92. The number of hydrogen-bond acceptors (Lipinski definition) is 3. The normalized spacial score (nSPS) is 30.1. The summed E-state index contributed by atoms with van der Waals surface area (Å²) in [5.41, 5.74) is 0. The van der Waals surface area contributed by atoms with Gasteiger partial charge in [0, 0.05) is 0 Å². The molecule has 0 saturated carbocycles. The van der Waals surface area contributed by atoms with Gasteiger partial charge in [0.05, 0.1) is 12.1 Å². The van der Waals surface area contributed by atoms with Crippen LogP contribution < -0.4 is 0 Å². The predicted octanol–water partition coefficient (Wildman–Crippen LogP) is 2.30. The van der Waals surface area contributed by atoms with Crippen molar-refractivity contribution in [3.05, 3.63) is 0 Å². The minimum atomic E-state index is 0.229. The summed E-state index contributed by atoms with van der Waals surface area (Å²) >= 11 is 0. The number of carbonyl (C=O) groups is 1. The molecule has 0 spiro atoms. The Morgan fingerprint density at radius 1 is 0.944 bits per heavy atom. The van der Waals surface area contributed by atoms with Crippen molar-refractivity contribution < 1.29 is 4.79 Å². The number of likely N-dealkylation sites (tertiary alicyclic amines) is 2. The molecule has 2 fully saturated rings. The standard InChI is InChI=1S/C15H28N2O/c1-3-9-16-11-5-7-13(16)15(18)14-8-6-12-17(14)10-4-2/h13-14H,3-12H2,1-2H3. The summed E-state index contributed by atoms with van der Waals surface area (Å²) < 4.78 is 0. The third-order valence-corrected chi connectivity index (χ3v) is 4.41. The number of rotatable bonds is 6. The fraction of sp³-hybridized carbons (Fsp3) is 0.933. The van der Waals surface area contributed by atoms with Gasteiger partial charge in [-0.2, -0.15) is 0 Å². The first-order valence-corrected chi connectivity index (χ1v) is 7.79. The first-order valence-electron chi connectivity index (χ1n) is 7.79. The maximum atomic E-state index is 12.7. The largest absolute Gasteiger partial charge is 0.296 e. The minimum absolute atomic E-state index is 0.229. The maximum Gasteiger partial charge on any atom is 0.166 e. The van der Waals surface area contributed by atoms with Crippen LogP contribution in [-0.2, 0) is 4.79 Å². The van der Waals surface area contributed by atoms with E-state index in [1.807, 2.05) is 0 Å². The van der Waals surface area contributed by atoms with Crippen LogP contribution in [0, 0.1) is 0 Å². The number of carbonyl (C=O) groups excluding carboxylic acids is 1. The summed E-state index contributed by atoms with van der Waals surface area (Å²) in [4.78, 5) is 17.6. The van der Waals surface area contributed by atoms with E-state index in [2.05, 4.69) is 23.6 Å². The third-order valence-electron chi connectivity index (χ3n) is 4.41. The SMILES string of the molecule is CCCN1CCCC1C(=O)C1CCCN1CCC. The molecule has 18 heavy (non-hydrogen) atoms. The van der Waals surface area contributed by atoms with E-state index in [-0.39, 0.29) is 12.1 Å². The van der Waals surface area contributed by atoms with Crippen LogP contribution in [-0.4, -0.2) is 53.8 Å². The van der Waals surface area contributed by atoms with Crippen molar-refractivity contribution in [1.82, 2.24) is 9.80 Å². The lowest BCUT2D eigenvalue weighted by atomic mass is 10.0. The average Bonchev–Trinajstić information content (AvgIpc) is 2.98. The first-order chi connectivity index (χ1) is 8.77. The van der Waals surface area contributed by atoms with Crippen LogP contribution in [0.2, 0.25) is 0 Å². The maximum absolute atomic E-state index is 12.7. The molecule has 0 amide bonds. The van der Waals surface area contributed by atoms with Gasteiger partial charge >= 0.3 is 0 Å². The van der Waals surface area contributed by atoms with Crippen LogP contribution in [0.25, 0.3) is 0 Å². The summed E-state index contributed by atoms with van der Waals surface area (Å²) in [6.45, 7) is 8.86. The van der Waals surface area contributed by atoms with Crippen molar-refractivity contribution in [2.45, 2.75) is 64.5 Å². The zero-order valence-corrected chi connectivity index (χ0v) is 12.0. The van der Waals surface area contributed by atoms with Crippen LogP contribution in [0.15, 0.2) is 0 Å². The molecule has 2 saturated heterocycles. The van der Waals surface area contributed by atoms with Crippen LogP contribution in [0.5, 0.6) is 0 Å². The molecule has 2 unspecified atom stereocenters. The van der Waals surface area contributed by atoms with E-state index in [1.165, 1.54) is 12.8 Å². The summed E-state index contributed by atoms with van der Waals surface area (Å²) in [5, 5.41) is 0. The van der Waals surface area contributed by atoms with Crippen molar-refractivity contribution in [2.24, 2.45) is 0 Å². The summed E-state index contributed by atoms with van der Waals surface area (Å²) in [6, 6.07) is 0.458. The molecule has 2 atom stereocenters. The fourth-order valence-corrected chi connectivity index (χ4v) is 3.63. The number of hydrogen-bond donors (Lipinski definition) is 0. The molecule has 2 aliphatic heterocycles. The first kappa shape index (κ1) is 14.0. The lowest BCUT2D eigenvalue weighted by Gasteiger charge is -2.29. The summed E-state index contributed by atoms with van der Waals surface area (Å²) in [7, 11) is 0. The molecule has 0 aromatic rings. The van der Waals surface area contributed by atoms with Gasteiger partial charge in [-0.15, -0.1) is 0 Å². The molecular formula is C15H28N2O. The highest BCUT2D eigenvalue weighted by Gasteiger charge is 2.38. The molecule has 2 heterocycles.